The lowest BCUT2D eigenvalue weighted by molar-refractivity contribution is 0.102. The maximum atomic E-state index is 13.0. The van der Waals surface area contributed by atoms with E-state index in [4.69, 9.17) is 23.2 Å². The molecule has 1 amide bonds. The molecule has 0 unspecified atom stereocenters. The fourth-order valence-corrected chi connectivity index (χ4v) is 4.66. The van der Waals surface area contributed by atoms with E-state index in [0.29, 0.717) is 16.4 Å². The second-order valence-electron chi connectivity index (χ2n) is 6.91. The average molecular weight is 463 g/mol. The van der Waals surface area contributed by atoms with Gasteiger partial charge in [0.2, 0.25) is 0 Å². The summed E-state index contributed by atoms with van der Waals surface area (Å²) in [6.07, 6.45) is 0. The molecule has 30 heavy (non-hydrogen) atoms. The summed E-state index contributed by atoms with van der Waals surface area (Å²) in [6, 6.07) is 14.6. The Hall–Kier alpha value is -2.54. The van der Waals surface area contributed by atoms with Gasteiger partial charge in [-0.1, -0.05) is 41.4 Å². The second kappa shape index (κ2) is 8.68. The number of carbonyl (C=O) groups is 1. The van der Waals surface area contributed by atoms with Gasteiger partial charge in [-0.15, -0.1) is 0 Å². The van der Waals surface area contributed by atoms with Crippen LogP contribution < -0.4 is 10.0 Å². The average Bonchev–Trinajstić information content (AvgIpc) is 2.68. The van der Waals surface area contributed by atoms with Crippen molar-refractivity contribution in [1.82, 2.24) is 0 Å². The summed E-state index contributed by atoms with van der Waals surface area (Å²) in [5.74, 6) is -0.472. The van der Waals surface area contributed by atoms with Crippen molar-refractivity contribution in [2.75, 3.05) is 10.0 Å². The largest absolute Gasteiger partial charge is 0.322 e. The summed E-state index contributed by atoms with van der Waals surface area (Å²) in [7, 11) is -4.01. The molecule has 3 rings (SSSR count). The number of anilines is 2. The summed E-state index contributed by atoms with van der Waals surface area (Å²) >= 11 is 12.2. The van der Waals surface area contributed by atoms with Crippen LogP contribution in [0.3, 0.4) is 0 Å². The predicted molar refractivity (Wildman–Crippen MR) is 122 cm³/mol. The quantitative estimate of drug-likeness (QED) is 0.490. The molecule has 2 N–H and O–H groups in total. The minimum absolute atomic E-state index is 0.0169. The number of benzene rings is 3. The van der Waals surface area contributed by atoms with Gasteiger partial charge in [-0.25, -0.2) is 8.42 Å². The lowest BCUT2D eigenvalue weighted by Crippen LogP contribution is -2.17. The van der Waals surface area contributed by atoms with E-state index >= 15 is 0 Å². The maximum absolute atomic E-state index is 13.0. The molecular formula is C22H20Cl2N2O3S. The van der Waals surface area contributed by atoms with Crippen molar-refractivity contribution in [1.29, 1.82) is 0 Å². The molecule has 5 nitrogen and oxygen atoms in total. The molecule has 3 aromatic carbocycles. The third-order valence-corrected chi connectivity index (χ3v) is 6.86. The lowest BCUT2D eigenvalue weighted by Gasteiger charge is -2.14. The van der Waals surface area contributed by atoms with Crippen LogP contribution in [0, 0.1) is 20.8 Å². The first-order valence-electron chi connectivity index (χ1n) is 9.04. The number of amides is 1. The number of sulfonamides is 1. The van der Waals surface area contributed by atoms with Gasteiger partial charge < -0.3 is 5.32 Å². The van der Waals surface area contributed by atoms with E-state index in [-0.39, 0.29) is 15.5 Å². The van der Waals surface area contributed by atoms with Gasteiger partial charge in [0.25, 0.3) is 15.9 Å². The highest BCUT2D eigenvalue weighted by atomic mass is 35.5. The molecule has 8 heteroatoms. The molecule has 0 saturated heterocycles. The van der Waals surface area contributed by atoms with Gasteiger partial charge in [0.05, 0.1) is 10.7 Å². The van der Waals surface area contributed by atoms with E-state index in [1.165, 1.54) is 18.2 Å². The van der Waals surface area contributed by atoms with E-state index in [2.05, 4.69) is 10.0 Å². The van der Waals surface area contributed by atoms with Crippen LogP contribution in [0.1, 0.15) is 27.0 Å². The zero-order valence-corrected chi connectivity index (χ0v) is 18.9. The molecule has 0 atom stereocenters. The van der Waals surface area contributed by atoms with Crippen molar-refractivity contribution in [2.24, 2.45) is 0 Å². The van der Waals surface area contributed by atoms with Crippen molar-refractivity contribution in [2.45, 2.75) is 25.7 Å². The first-order chi connectivity index (χ1) is 14.1. The van der Waals surface area contributed by atoms with Crippen LogP contribution in [-0.4, -0.2) is 14.3 Å². The van der Waals surface area contributed by atoms with Crippen LogP contribution in [0.15, 0.2) is 59.5 Å². The van der Waals surface area contributed by atoms with Crippen molar-refractivity contribution in [3.8, 4) is 0 Å². The molecule has 156 valence electrons. The topological polar surface area (TPSA) is 75.3 Å². The molecule has 0 radical (unpaired) electrons. The standard InChI is InChI=1S/C22H20Cl2N2O3S/c1-13-5-4-6-19(15(13)3)26-30(28,29)21-11-16(8-10-18(21)24)22(27)25-20-12-17(23)9-7-14(20)2/h4-12,26H,1-3H3,(H,25,27). The summed E-state index contributed by atoms with van der Waals surface area (Å²) in [6.45, 7) is 5.55. The minimum Gasteiger partial charge on any atom is -0.322 e. The van der Waals surface area contributed by atoms with Crippen LogP contribution in [0.2, 0.25) is 10.0 Å². The SMILES string of the molecule is Cc1ccc(Cl)cc1NC(=O)c1ccc(Cl)c(S(=O)(=O)Nc2cccc(C)c2C)c1. The van der Waals surface area contributed by atoms with Crippen molar-refractivity contribution < 1.29 is 13.2 Å². The highest BCUT2D eigenvalue weighted by molar-refractivity contribution is 7.92. The van der Waals surface area contributed by atoms with E-state index < -0.39 is 15.9 Å². The Morgan fingerprint density at radius 3 is 2.33 bits per heavy atom. The first-order valence-corrected chi connectivity index (χ1v) is 11.3. The van der Waals surface area contributed by atoms with E-state index in [1.807, 2.05) is 26.8 Å². The number of nitrogens with one attached hydrogen (secondary N) is 2. The van der Waals surface area contributed by atoms with Gasteiger partial charge in [0.15, 0.2) is 0 Å². The summed E-state index contributed by atoms with van der Waals surface area (Å²) < 4.78 is 28.5. The summed E-state index contributed by atoms with van der Waals surface area (Å²) in [5.41, 5.74) is 3.73. The fraction of sp³-hybridized carbons (Fsp3) is 0.136. The van der Waals surface area contributed by atoms with Crippen molar-refractivity contribution in [3.63, 3.8) is 0 Å². The van der Waals surface area contributed by atoms with Gasteiger partial charge in [-0.2, -0.15) is 0 Å². The zero-order valence-electron chi connectivity index (χ0n) is 16.6. The molecule has 0 spiro atoms. The molecule has 0 fully saturated rings. The monoisotopic (exact) mass is 462 g/mol. The number of rotatable bonds is 5. The molecule has 0 saturated carbocycles. The minimum atomic E-state index is -4.01. The van der Waals surface area contributed by atoms with Crippen LogP contribution in [0.5, 0.6) is 0 Å². The molecule has 0 aromatic heterocycles. The third-order valence-electron chi connectivity index (χ3n) is 4.78. The summed E-state index contributed by atoms with van der Waals surface area (Å²) in [4.78, 5) is 12.5. The van der Waals surface area contributed by atoms with Crippen molar-refractivity contribution >= 4 is 50.5 Å². The third kappa shape index (κ3) is 4.78. The molecule has 0 aliphatic rings. The number of hydrogen-bond acceptors (Lipinski definition) is 3. The number of halogens is 2. The fourth-order valence-electron chi connectivity index (χ4n) is 2.84. The number of aryl methyl sites for hydroxylation is 2. The van der Waals surface area contributed by atoms with Crippen LogP contribution in [0.4, 0.5) is 11.4 Å². The Balaban J connectivity index is 1.93. The Morgan fingerprint density at radius 1 is 0.867 bits per heavy atom. The number of carbonyl (C=O) groups excluding carboxylic acids is 1. The smallest absolute Gasteiger partial charge is 0.263 e. The van der Waals surface area contributed by atoms with Crippen LogP contribution in [-0.2, 0) is 10.0 Å². The van der Waals surface area contributed by atoms with Crippen LogP contribution >= 0.6 is 23.2 Å². The molecule has 3 aromatic rings. The van der Waals surface area contributed by atoms with Gasteiger partial charge in [0, 0.05) is 16.3 Å². The van der Waals surface area contributed by atoms with Gasteiger partial charge in [-0.05, 0) is 73.9 Å². The van der Waals surface area contributed by atoms with E-state index in [1.54, 1.807) is 30.3 Å². The van der Waals surface area contributed by atoms with Crippen molar-refractivity contribution in [3.05, 3.63) is 86.9 Å². The molecule has 0 aliphatic heterocycles. The maximum Gasteiger partial charge on any atom is 0.263 e. The Bertz CT molecular complexity index is 1240. The molecule has 0 heterocycles. The highest BCUT2D eigenvalue weighted by Gasteiger charge is 2.21. The second-order valence-corrected chi connectivity index (χ2v) is 9.41. The first kappa shape index (κ1) is 22.2. The van der Waals surface area contributed by atoms with Gasteiger partial charge in [-0.3, -0.25) is 9.52 Å². The normalized spacial score (nSPS) is 11.2. The van der Waals surface area contributed by atoms with E-state index in [0.717, 1.165) is 16.7 Å². The van der Waals surface area contributed by atoms with Gasteiger partial charge in [0.1, 0.15) is 4.90 Å². The Labute approximate surface area is 186 Å². The predicted octanol–water partition coefficient (Wildman–Crippen LogP) is 5.97. The molecule has 0 aliphatic carbocycles. The molecule has 0 bridgehead atoms. The van der Waals surface area contributed by atoms with Gasteiger partial charge >= 0.3 is 0 Å². The number of hydrogen-bond donors (Lipinski definition) is 2. The van der Waals surface area contributed by atoms with Crippen LogP contribution in [0.25, 0.3) is 0 Å². The molecular weight excluding hydrogens is 443 g/mol. The summed E-state index contributed by atoms with van der Waals surface area (Å²) in [5, 5.41) is 3.25. The lowest BCUT2D eigenvalue weighted by atomic mass is 10.1. The highest BCUT2D eigenvalue weighted by Crippen LogP contribution is 2.28. The van der Waals surface area contributed by atoms with E-state index in [9.17, 15) is 13.2 Å². The Morgan fingerprint density at radius 2 is 1.60 bits per heavy atom. The zero-order chi connectivity index (χ0) is 22.1. The Kier molecular flexibility index (Phi) is 6.41.